The van der Waals surface area contributed by atoms with Crippen LogP contribution < -0.4 is 14.8 Å². The van der Waals surface area contributed by atoms with Gasteiger partial charge in [-0.1, -0.05) is 11.6 Å². The summed E-state index contributed by atoms with van der Waals surface area (Å²) in [5, 5.41) is 2.77. The summed E-state index contributed by atoms with van der Waals surface area (Å²) in [5.74, 6) is 0.468. The average Bonchev–Trinajstić information content (AvgIpc) is 2.89. The minimum atomic E-state index is -0.274. The largest absolute Gasteiger partial charge is 0.493 e. The molecular weight excluding hydrogens is 306 g/mol. The number of benzene rings is 2. The molecule has 24 heavy (non-hydrogen) atoms. The van der Waals surface area contributed by atoms with E-state index in [1.165, 1.54) is 20.3 Å². The van der Waals surface area contributed by atoms with E-state index in [0.29, 0.717) is 22.6 Å². The lowest BCUT2D eigenvalue weighted by Gasteiger charge is -2.08. The third-order valence-corrected chi connectivity index (χ3v) is 3.90. The highest BCUT2D eigenvalue weighted by Gasteiger charge is 2.25. The van der Waals surface area contributed by atoms with Crippen molar-refractivity contribution >= 4 is 23.0 Å². The zero-order valence-corrected chi connectivity index (χ0v) is 13.7. The van der Waals surface area contributed by atoms with E-state index in [4.69, 9.17) is 9.47 Å². The molecule has 2 aromatic carbocycles. The van der Waals surface area contributed by atoms with Crippen molar-refractivity contribution in [1.29, 1.82) is 0 Å². The number of carbonyl (C=O) groups is 2. The fourth-order valence-corrected chi connectivity index (χ4v) is 2.65. The van der Waals surface area contributed by atoms with Crippen molar-refractivity contribution in [1.82, 2.24) is 0 Å². The minimum Gasteiger partial charge on any atom is -0.493 e. The molecule has 1 amide bonds. The van der Waals surface area contributed by atoms with Crippen molar-refractivity contribution in [3.05, 3.63) is 59.2 Å². The molecule has 0 bridgehead atoms. The number of allylic oxidation sites excluding steroid dienone is 1. The first kappa shape index (κ1) is 15.8. The number of hydrogen-bond donors (Lipinski definition) is 1. The lowest BCUT2D eigenvalue weighted by molar-refractivity contribution is -0.110. The Bertz CT molecular complexity index is 868. The molecule has 0 atom stereocenters. The molecule has 1 aliphatic heterocycles. The van der Waals surface area contributed by atoms with Crippen molar-refractivity contribution in [2.24, 2.45) is 0 Å². The Morgan fingerprint density at radius 2 is 1.79 bits per heavy atom. The van der Waals surface area contributed by atoms with Gasteiger partial charge in [0.25, 0.3) is 5.91 Å². The Balaban J connectivity index is 1.99. The molecule has 0 aromatic heterocycles. The van der Waals surface area contributed by atoms with Crippen molar-refractivity contribution in [2.45, 2.75) is 6.92 Å². The maximum atomic E-state index is 12.6. The summed E-state index contributed by atoms with van der Waals surface area (Å²) in [6, 6.07) is 10.5. The van der Waals surface area contributed by atoms with Gasteiger partial charge in [0.2, 0.25) is 0 Å². The smallest absolute Gasteiger partial charge is 0.256 e. The molecule has 0 spiro atoms. The molecule has 0 radical (unpaired) electrons. The van der Waals surface area contributed by atoms with Crippen LogP contribution in [0.3, 0.4) is 0 Å². The monoisotopic (exact) mass is 323 g/mol. The lowest BCUT2D eigenvalue weighted by Crippen LogP contribution is -2.06. The second-order valence-electron chi connectivity index (χ2n) is 5.50. The number of amides is 1. The molecule has 0 saturated carbocycles. The highest BCUT2D eigenvalue weighted by Crippen LogP contribution is 2.33. The Kier molecular flexibility index (Phi) is 4.08. The van der Waals surface area contributed by atoms with Crippen LogP contribution in [0, 0.1) is 6.92 Å². The van der Waals surface area contributed by atoms with Gasteiger partial charge in [-0.15, -0.1) is 0 Å². The molecule has 2 aromatic rings. The summed E-state index contributed by atoms with van der Waals surface area (Å²) < 4.78 is 10.4. The van der Waals surface area contributed by atoms with Gasteiger partial charge in [0.1, 0.15) is 0 Å². The molecule has 1 N–H and O–H groups in total. The van der Waals surface area contributed by atoms with Crippen molar-refractivity contribution in [3.8, 4) is 11.5 Å². The zero-order valence-electron chi connectivity index (χ0n) is 13.7. The molecule has 0 unspecified atom stereocenters. The Labute approximate surface area is 139 Å². The van der Waals surface area contributed by atoms with E-state index in [1.54, 1.807) is 18.2 Å². The number of carbonyl (C=O) groups excluding carboxylic acids is 2. The van der Waals surface area contributed by atoms with Crippen LogP contribution >= 0.6 is 0 Å². The number of fused-ring (bicyclic) bond motifs is 1. The molecule has 1 heterocycles. The molecule has 0 saturated heterocycles. The van der Waals surface area contributed by atoms with E-state index in [-0.39, 0.29) is 11.7 Å². The van der Waals surface area contributed by atoms with Gasteiger partial charge in [0.15, 0.2) is 17.3 Å². The van der Waals surface area contributed by atoms with Crippen LogP contribution in [0.25, 0.3) is 5.57 Å². The van der Waals surface area contributed by atoms with E-state index in [2.05, 4.69) is 5.32 Å². The van der Waals surface area contributed by atoms with Crippen LogP contribution in [0.2, 0.25) is 0 Å². The van der Waals surface area contributed by atoms with E-state index < -0.39 is 0 Å². The standard InChI is InChI=1S/C19H17NO4/c1-11-4-6-15-13(8-11)14(19(22)20-15)10-16(21)12-5-7-17(23-2)18(9-12)24-3/h4-10H,1-3H3,(H,20,22)/b14-10+. The fraction of sp³-hybridized carbons (Fsp3) is 0.158. The zero-order chi connectivity index (χ0) is 17.3. The summed E-state index contributed by atoms with van der Waals surface area (Å²) in [7, 11) is 3.04. The molecule has 5 heteroatoms. The van der Waals surface area contributed by atoms with E-state index in [9.17, 15) is 9.59 Å². The topological polar surface area (TPSA) is 64.6 Å². The summed E-state index contributed by atoms with van der Waals surface area (Å²) in [5.41, 5.74) is 3.28. The SMILES string of the molecule is COc1ccc(C(=O)/C=C2/C(=O)Nc3ccc(C)cc32)cc1OC. The van der Waals surface area contributed by atoms with E-state index >= 15 is 0 Å². The first-order valence-electron chi connectivity index (χ1n) is 7.44. The Morgan fingerprint density at radius 1 is 1.04 bits per heavy atom. The molecule has 122 valence electrons. The maximum Gasteiger partial charge on any atom is 0.256 e. The normalized spacial score (nSPS) is 14.3. The second-order valence-corrected chi connectivity index (χ2v) is 5.50. The summed E-state index contributed by atoms with van der Waals surface area (Å²) >= 11 is 0. The third kappa shape index (κ3) is 2.76. The van der Waals surface area contributed by atoms with Gasteiger partial charge in [0.05, 0.1) is 19.8 Å². The summed E-state index contributed by atoms with van der Waals surface area (Å²) in [4.78, 5) is 24.7. The first-order valence-corrected chi connectivity index (χ1v) is 7.44. The van der Waals surface area contributed by atoms with E-state index in [0.717, 1.165) is 16.8 Å². The number of hydrogen-bond acceptors (Lipinski definition) is 4. The van der Waals surface area contributed by atoms with Crippen molar-refractivity contribution in [2.75, 3.05) is 19.5 Å². The number of anilines is 1. The van der Waals surface area contributed by atoms with Gasteiger partial charge < -0.3 is 14.8 Å². The van der Waals surface area contributed by atoms with Crippen LogP contribution in [-0.4, -0.2) is 25.9 Å². The highest BCUT2D eigenvalue weighted by molar-refractivity contribution is 6.35. The van der Waals surface area contributed by atoms with Crippen LogP contribution in [-0.2, 0) is 4.79 Å². The number of nitrogens with one attached hydrogen (secondary N) is 1. The second kappa shape index (κ2) is 6.20. The summed E-state index contributed by atoms with van der Waals surface area (Å²) in [6.07, 6.45) is 1.36. The van der Waals surface area contributed by atoms with Crippen molar-refractivity contribution in [3.63, 3.8) is 0 Å². The molecule has 0 aliphatic carbocycles. The Hall–Kier alpha value is -3.08. The lowest BCUT2D eigenvalue weighted by atomic mass is 10.0. The van der Waals surface area contributed by atoms with Crippen LogP contribution in [0.5, 0.6) is 11.5 Å². The first-order chi connectivity index (χ1) is 11.5. The quantitative estimate of drug-likeness (QED) is 0.693. The van der Waals surface area contributed by atoms with Crippen LogP contribution in [0.15, 0.2) is 42.5 Å². The van der Waals surface area contributed by atoms with Crippen LogP contribution in [0.4, 0.5) is 5.69 Å². The van der Waals surface area contributed by atoms with Gasteiger partial charge in [0, 0.05) is 16.8 Å². The fourth-order valence-electron chi connectivity index (χ4n) is 2.65. The van der Waals surface area contributed by atoms with Gasteiger partial charge >= 0.3 is 0 Å². The van der Waals surface area contributed by atoms with Gasteiger partial charge in [-0.2, -0.15) is 0 Å². The minimum absolute atomic E-state index is 0.268. The predicted molar refractivity (Wildman–Crippen MR) is 91.7 cm³/mol. The number of aryl methyl sites for hydroxylation is 1. The molecule has 3 rings (SSSR count). The van der Waals surface area contributed by atoms with Gasteiger partial charge in [-0.25, -0.2) is 0 Å². The van der Waals surface area contributed by atoms with Gasteiger partial charge in [-0.05, 0) is 43.3 Å². The predicted octanol–water partition coefficient (Wildman–Crippen LogP) is 3.23. The average molecular weight is 323 g/mol. The molecule has 5 nitrogen and oxygen atoms in total. The van der Waals surface area contributed by atoms with Crippen molar-refractivity contribution < 1.29 is 19.1 Å². The third-order valence-electron chi connectivity index (χ3n) is 3.90. The Morgan fingerprint density at radius 3 is 2.50 bits per heavy atom. The van der Waals surface area contributed by atoms with Crippen LogP contribution in [0.1, 0.15) is 21.5 Å². The maximum absolute atomic E-state index is 12.6. The highest BCUT2D eigenvalue weighted by atomic mass is 16.5. The number of ether oxygens (including phenoxy) is 2. The number of ketones is 1. The molecular formula is C19H17NO4. The number of rotatable bonds is 4. The summed E-state index contributed by atoms with van der Waals surface area (Å²) in [6.45, 7) is 1.94. The molecule has 0 fully saturated rings. The van der Waals surface area contributed by atoms with E-state index in [1.807, 2.05) is 25.1 Å². The molecule has 1 aliphatic rings. The number of methoxy groups -OCH3 is 2. The van der Waals surface area contributed by atoms with Gasteiger partial charge in [-0.3, -0.25) is 9.59 Å².